The zero-order chi connectivity index (χ0) is 18.1. The number of fused-ring (bicyclic) bond motifs is 1. The van der Waals surface area contributed by atoms with E-state index in [-0.39, 0.29) is 24.3 Å². The normalized spacial score (nSPS) is 16.2. The molecule has 1 aromatic carbocycles. The van der Waals surface area contributed by atoms with Crippen LogP contribution >= 0.6 is 0 Å². The monoisotopic (exact) mass is 332 g/mol. The van der Waals surface area contributed by atoms with Crippen molar-refractivity contribution in [2.24, 2.45) is 5.41 Å². The predicted octanol–water partition coefficient (Wildman–Crippen LogP) is 2.73. The van der Waals surface area contributed by atoms with Gasteiger partial charge in [-0.2, -0.15) is 0 Å². The molecule has 24 heavy (non-hydrogen) atoms. The fourth-order valence-electron chi connectivity index (χ4n) is 2.59. The Balaban J connectivity index is 2.18. The summed E-state index contributed by atoms with van der Waals surface area (Å²) in [6, 6.07) is 7.06. The number of hydrogen-bond acceptors (Lipinski definition) is 4. The topological polar surface area (TPSA) is 75.7 Å². The van der Waals surface area contributed by atoms with E-state index >= 15 is 0 Å². The van der Waals surface area contributed by atoms with Gasteiger partial charge in [-0.1, -0.05) is 32.9 Å². The maximum Gasteiger partial charge on any atom is 0.306 e. The standard InChI is InChI=1S/C18H24N2O4/c1-17(2,3)10-15(22)24-11-14(21)20-13-9-7-6-8-12(13)19-16(23)18(20,4)5/h6-9H,10-11H2,1-5H3,(H,19,23). The smallest absolute Gasteiger partial charge is 0.306 e. The summed E-state index contributed by atoms with van der Waals surface area (Å²) in [6.45, 7) is 8.69. The molecule has 0 atom stereocenters. The van der Waals surface area contributed by atoms with E-state index in [1.165, 1.54) is 4.90 Å². The van der Waals surface area contributed by atoms with Crippen molar-refractivity contribution in [3.63, 3.8) is 0 Å². The average molecular weight is 332 g/mol. The fraction of sp³-hybridized carbons (Fsp3) is 0.500. The molecule has 1 aromatic rings. The van der Waals surface area contributed by atoms with Crippen molar-refractivity contribution in [1.82, 2.24) is 0 Å². The second kappa shape index (κ2) is 6.26. The molecule has 0 radical (unpaired) electrons. The molecule has 6 heteroatoms. The molecule has 0 aliphatic carbocycles. The van der Waals surface area contributed by atoms with Crippen molar-refractivity contribution >= 4 is 29.2 Å². The summed E-state index contributed by atoms with van der Waals surface area (Å²) >= 11 is 0. The van der Waals surface area contributed by atoms with Crippen LogP contribution in [-0.4, -0.2) is 29.9 Å². The lowest BCUT2D eigenvalue weighted by atomic mass is 9.92. The lowest BCUT2D eigenvalue weighted by molar-refractivity contribution is -0.150. The van der Waals surface area contributed by atoms with Gasteiger partial charge in [0.25, 0.3) is 5.91 Å². The first-order valence-electron chi connectivity index (χ1n) is 7.91. The molecule has 1 aliphatic rings. The molecule has 0 spiro atoms. The molecule has 0 aromatic heterocycles. The largest absolute Gasteiger partial charge is 0.456 e. The Hall–Kier alpha value is -2.37. The predicted molar refractivity (Wildman–Crippen MR) is 91.7 cm³/mol. The van der Waals surface area contributed by atoms with Crippen LogP contribution in [0.15, 0.2) is 24.3 Å². The molecule has 0 saturated carbocycles. The molecule has 130 valence electrons. The van der Waals surface area contributed by atoms with Crippen LogP contribution in [-0.2, 0) is 19.1 Å². The maximum atomic E-state index is 12.7. The van der Waals surface area contributed by atoms with Crippen LogP contribution in [0.2, 0.25) is 0 Å². The zero-order valence-corrected chi connectivity index (χ0v) is 14.8. The lowest BCUT2D eigenvalue weighted by Gasteiger charge is -2.41. The molecule has 0 fully saturated rings. The third-order valence-corrected chi connectivity index (χ3v) is 3.79. The van der Waals surface area contributed by atoms with Crippen molar-refractivity contribution in [3.05, 3.63) is 24.3 Å². The average Bonchev–Trinajstić information content (AvgIpc) is 2.44. The number of ether oxygens (including phenoxy) is 1. The molecule has 2 rings (SSSR count). The Morgan fingerprint density at radius 3 is 2.46 bits per heavy atom. The van der Waals surface area contributed by atoms with E-state index in [4.69, 9.17) is 4.74 Å². The molecule has 0 unspecified atom stereocenters. The van der Waals surface area contributed by atoms with Gasteiger partial charge in [-0.3, -0.25) is 19.3 Å². The van der Waals surface area contributed by atoms with Crippen molar-refractivity contribution in [3.8, 4) is 0 Å². The highest BCUT2D eigenvalue weighted by molar-refractivity contribution is 6.14. The van der Waals surface area contributed by atoms with Crippen molar-refractivity contribution < 1.29 is 19.1 Å². The highest BCUT2D eigenvalue weighted by Crippen LogP contribution is 2.36. The summed E-state index contributed by atoms with van der Waals surface area (Å²) < 4.78 is 5.11. The van der Waals surface area contributed by atoms with E-state index in [9.17, 15) is 14.4 Å². The second-order valence-electron chi connectivity index (χ2n) is 7.66. The van der Waals surface area contributed by atoms with Gasteiger partial charge in [0, 0.05) is 0 Å². The number of carbonyl (C=O) groups excluding carboxylic acids is 3. The van der Waals surface area contributed by atoms with Gasteiger partial charge >= 0.3 is 5.97 Å². The van der Waals surface area contributed by atoms with Gasteiger partial charge in [-0.05, 0) is 31.4 Å². The van der Waals surface area contributed by atoms with Crippen molar-refractivity contribution in [1.29, 1.82) is 0 Å². The summed E-state index contributed by atoms with van der Waals surface area (Å²) in [7, 11) is 0. The number of rotatable bonds is 3. The number of benzene rings is 1. The first-order chi connectivity index (χ1) is 11.0. The molecule has 2 amide bonds. The second-order valence-corrected chi connectivity index (χ2v) is 7.66. The van der Waals surface area contributed by atoms with Gasteiger partial charge in [0.2, 0.25) is 5.91 Å². The van der Waals surface area contributed by atoms with Crippen LogP contribution in [0.5, 0.6) is 0 Å². The highest BCUT2D eigenvalue weighted by atomic mass is 16.5. The van der Waals surface area contributed by atoms with Crippen LogP contribution in [0.3, 0.4) is 0 Å². The maximum absolute atomic E-state index is 12.7. The number of esters is 1. The fourth-order valence-corrected chi connectivity index (χ4v) is 2.59. The third-order valence-electron chi connectivity index (χ3n) is 3.79. The Morgan fingerprint density at radius 2 is 1.83 bits per heavy atom. The van der Waals surface area contributed by atoms with Crippen LogP contribution in [0.1, 0.15) is 41.0 Å². The quantitative estimate of drug-likeness (QED) is 0.864. The number of anilines is 2. The SMILES string of the molecule is CC(C)(C)CC(=O)OCC(=O)N1c2ccccc2NC(=O)C1(C)C. The zero-order valence-electron chi connectivity index (χ0n) is 14.8. The number of para-hydroxylation sites is 2. The van der Waals surface area contributed by atoms with E-state index in [0.717, 1.165) is 0 Å². The third kappa shape index (κ3) is 3.75. The Morgan fingerprint density at radius 1 is 1.21 bits per heavy atom. The number of amides is 2. The van der Waals surface area contributed by atoms with Gasteiger partial charge in [0.05, 0.1) is 17.8 Å². The summed E-state index contributed by atoms with van der Waals surface area (Å²) in [5, 5.41) is 2.79. The van der Waals surface area contributed by atoms with Gasteiger partial charge in [0.15, 0.2) is 6.61 Å². The van der Waals surface area contributed by atoms with Crippen LogP contribution in [0, 0.1) is 5.41 Å². The number of hydrogen-bond donors (Lipinski definition) is 1. The van der Waals surface area contributed by atoms with Gasteiger partial charge in [0.1, 0.15) is 5.54 Å². The molecule has 6 nitrogen and oxygen atoms in total. The van der Waals surface area contributed by atoms with E-state index in [1.807, 2.05) is 20.8 Å². The Bertz CT molecular complexity index is 674. The van der Waals surface area contributed by atoms with Crippen LogP contribution in [0.4, 0.5) is 11.4 Å². The number of carbonyl (C=O) groups is 3. The van der Waals surface area contributed by atoms with E-state index in [2.05, 4.69) is 5.32 Å². The highest BCUT2D eigenvalue weighted by Gasteiger charge is 2.43. The Labute approximate surface area is 142 Å². The molecular weight excluding hydrogens is 308 g/mol. The number of nitrogens with zero attached hydrogens (tertiary/aromatic N) is 1. The van der Waals surface area contributed by atoms with E-state index in [1.54, 1.807) is 38.1 Å². The molecule has 0 bridgehead atoms. The molecular formula is C18H24N2O4. The first kappa shape index (κ1) is 18.0. The van der Waals surface area contributed by atoms with Gasteiger partial charge < -0.3 is 10.1 Å². The molecule has 1 N–H and O–H groups in total. The van der Waals surface area contributed by atoms with Crippen molar-refractivity contribution in [2.45, 2.75) is 46.6 Å². The summed E-state index contributed by atoms with van der Waals surface area (Å²) in [5.41, 5.74) is -0.117. The Kier molecular flexibility index (Phi) is 4.69. The summed E-state index contributed by atoms with van der Waals surface area (Å²) in [5.74, 6) is -1.14. The number of nitrogens with one attached hydrogen (secondary N) is 1. The summed E-state index contributed by atoms with van der Waals surface area (Å²) in [6.07, 6.45) is 0.223. The molecule has 1 heterocycles. The van der Waals surface area contributed by atoms with Crippen LogP contribution < -0.4 is 10.2 Å². The van der Waals surface area contributed by atoms with E-state index in [0.29, 0.717) is 11.4 Å². The van der Waals surface area contributed by atoms with Crippen molar-refractivity contribution in [2.75, 3.05) is 16.8 Å². The van der Waals surface area contributed by atoms with Crippen LogP contribution in [0.25, 0.3) is 0 Å². The minimum atomic E-state index is -1.07. The summed E-state index contributed by atoms with van der Waals surface area (Å²) in [4.78, 5) is 38.2. The minimum Gasteiger partial charge on any atom is -0.456 e. The lowest BCUT2D eigenvalue weighted by Crippen LogP contribution is -2.59. The first-order valence-corrected chi connectivity index (χ1v) is 7.91. The minimum absolute atomic E-state index is 0.211. The molecule has 1 aliphatic heterocycles. The van der Waals surface area contributed by atoms with E-state index < -0.39 is 17.4 Å². The van der Waals surface area contributed by atoms with Gasteiger partial charge in [-0.25, -0.2) is 0 Å². The van der Waals surface area contributed by atoms with Gasteiger partial charge in [-0.15, -0.1) is 0 Å². The molecule has 0 saturated heterocycles.